The van der Waals surface area contributed by atoms with Gasteiger partial charge in [-0.15, -0.1) is 0 Å². The molecule has 0 aromatic rings. The first-order valence-corrected chi connectivity index (χ1v) is 11.5. The van der Waals surface area contributed by atoms with Crippen LogP contribution in [0.3, 0.4) is 0 Å². The van der Waals surface area contributed by atoms with Crippen LogP contribution in [-0.4, -0.2) is 28.8 Å². The third-order valence-electron chi connectivity index (χ3n) is 9.44. The zero-order chi connectivity index (χ0) is 21.5. The van der Waals surface area contributed by atoms with Crippen molar-refractivity contribution in [2.45, 2.75) is 82.5 Å². The third-order valence-corrected chi connectivity index (χ3v) is 10.2. The summed E-state index contributed by atoms with van der Waals surface area (Å²) in [5.41, 5.74) is 0.753. The number of fused-ring (bicyclic) bond motifs is 6. The minimum absolute atomic E-state index is 0.00614. The molecule has 0 bridgehead atoms. The first-order valence-electron chi connectivity index (χ1n) is 12.1. The summed E-state index contributed by atoms with van der Waals surface area (Å²) in [5.74, 6) is 1.19. The highest BCUT2D eigenvalue weighted by molar-refractivity contribution is 7.99. The van der Waals surface area contributed by atoms with E-state index in [1.807, 2.05) is 6.08 Å². The summed E-state index contributed by atoms with van der Waals surface area (Å²) in [6.45, 7) is 4.64. The molecule has 3 nitrogen and oxygen atoms in total. The first kappa shape index (κ1) is 15.1. The zero-order valence-corrected chi connectivity index (χ0v) is 17.2. The van der Waals surface area contributed by atoms with Gasteiger partial charge in [-0.25, -0.2) is 0 Å². The number of carbonyl (C=O) groups is 2. The number of carbonyl (C=O) groups excluding carboxylic acids is 2. The largest absolute Gasteiger partial charge is 0.458 e. The smallest absolute Gasteiger partial charge is 0.306 e. The fourth-order valence-electron chi connectivity index (χ4n) is 7.92. The third kappa shape index (κ3) is 2.28. The highest BCUT2D eigenvalue weighted by Crippen LogP contribution is 2.70. The van der Waals surface area contributed by atoms with E-state index in [1.54, 1.807) is 0 Å². The zero-order valence-electron chi connectivity index (χ0n) is 19.4. The van der Waals surface area contributed by atoms with Gasteiger partial charge in [0, 0.05) is 27.6 Å². The van der Waals surface area contributed by atoms with Crippen molar-refractivity contribution < 1.29 is 18.4 Å². The van der Waals surface area contributed by atoms with Crippen LogP contribution < -0.4 is 0 Å². The van der Waals surface area contributed by atoms with Crippen LogP contribution in [0, 0.1) is 28.6 Å². The summed E-state index contributed by atoms with van der Waals surface area (Å²) in [6.07, 6.45) is 7.26. The van der Waals surface area contributed by atoms with Crippen LogP contribution in [0.5, 0.6) is 0 Å². The molecule has 4 fully saturated rings. The van der Waals surface area contributed by atoms with E-state index >= 15 is 0 Å². The molecule has 1 saturated heterocycles. The maximum absolute atomic E-state index is 12.2. The normalized spacial score (nSPS) is 53.6. The van der Waals surface area contributed by atoms with Gasteiger partial charge in [0.05, 0.1) is 0 Å². The molecule has 1 aliphatic heterocycles. The van der Waals surface area contributed by atoms with E-state index < -0.39 is 6.18 Å². The van der Waals surface area contributed by atoms with Crippen LogP contribution in [0.2, 0.25) is 0 Å². The number of esters is 1. The van der Waals surface area contributed by atoms with Crippen molar-refractivity contribution in [3.63, 3.8) is 0 Å². The van der Waals surface area contributed by atoms with Gasteiger partial charge in [-0.3, -0.25) is 9.59 Å². The first-order chi connectivity index (χ1) is 14.0. The van der Waals surface area contributed by atoms with E-state index in [0.29, 0.717) is 37.0 Å². The Morgan fingerprint density at radius 1 is 1.11 bits per heavy atom. The average Bonchev–Trinajstić information content (AvgIpc) is 3.16. The molecular weight excluding hydrogens is 356 g/mol. The molecular formula is C23H32O3S. The lowest BCUT2D eigenvalue weighted by atomic mass is 9.46. The standard InChI is InChI=1S/C23H32O3S/c1-21-8-4-15(24)12-14(21)13-18(27-3)20-16(21)5-9-22(2)17(20)6-10-23(22)11-7-19(25)26-23/h12,16-18,20H,4-11,13H2,1-3H3/t16?,17?,18-,20?,21+,22+,23-/m1/s1/i3D3. The molecule has 1 heterocycles. The quantitative estimate of drug-likeness (QED) is 0.594. The number of ether oxygens (including phenoxy) is 1. The Labute approximate surface area is 171 Å². The van der Waals surface area contributed by atoms with Crippen molar-refractivity contribution >= 4 is 23.5 Å². The Hall–Kier alpha value is -0.770. The van der Waals surface area contributed by atoms with E-state index in [2.05, 4.69) is 13.8 Å². The van der Waals surface area contributed by atoms with Gasteiger partial charge in [0.1, 0.15) is 5.60 Å². The molecule has 3 saturated carbocycles. The summed E-state index contributed by atoms with van der Waals surface area (Å²) < 4.78 is 29.9. The summed E-state index contributed by atoms with van der Waals surface area (Å²) in [6, 6.07) is 0. The van der Waals surface area contributed by atoms with Gasteiger partial charge < -0.3 is 4.74 Å². The van der Waals surface area contributed by atoms with Gasteiger partial charge in [-0.2, -0.15) is 11.8 Å². The van der Waals surface area contributed by atoms with E-state index in [4.69, 9.17) is 8.85 Å². The molecule has 1 spiro atoms. The number of ketones is 1. The lowest BCUT2D eigenvalue weighted by Crippen LogP contribution is -2.57. The van der Waals surface area contributed by atoms with E-state index in [1.165, 1.54) is 5.57 Å². The van der Waals surface area contributed by atoms with Crippen molar-refractivity contribution in [2.75, 3.05) is 6.18 Å². The minimum atomic E-state index is -2.05. The van der Waals surface area contributed by atoms with Crippen LogP contribution in [0.25, 0.3) is 0 Å². The van der Waals surface area contributed by atoms with Gasteiger partial charge in [0.15, 0.2) is 5.78 Å². The molecule has 4 heteroatoms. The Morgan fingerprint density at radius 3 is 2.67 bits per heavy atom. The van der Waals surface area contributed by atoms with E-state index in [9.17, 15) is 9.59 Å². The van der Waals surface area contributed by atoms with Crippen LogP contribution in [0.4, 0.5) is 0 Å². The monoisotopic (exact) mass is 391 g/mol. The number of hydrogen-bond donors (Lipinski definition) is 0. The molecule has 0 aromatic heterocycles. The number of allylic oxidation sites excluding steroid dienone is 1. The van der Waals surface area contributed by atoms with E-state index in [0.717, 1.165) is 50.3 Å². The highest BCUT2D eigenvalue weighted by Gasteiger charge is 2.68. The van der Waals surface area contributed by atoms with Gasteiger partial charge in [-0.05, 0) is 80.4 Å². The summed E-state index contributed by atoms with van der Waals surface area (Å²) in [4.78, 5) is 24.3. The second kappa shape index (κ2) is 5.87. The molecule has 0 radical (unpaired) electrons. The maximum Gasteiger partial charge on any atom is 0.306 e. The maximum atomic E-state index is 12.2. The fourth-order valence-corrected chi connectivity index (χ4v) is 8.72. The molecule has 0 aromatic carbocycles. The Balaban J connectivity index is 1.56. The molecule has 148 valence electrons. The lowest BCUT2D eigenvalue weighted by Gasteiger charge is -2.61. The van der Waals surface area contributed by atoms with Crippen LogP contribution >= 0.6 is 11.8 Å². The van der Waals surface area contributed by atoms with Crippen LogP contribution in [0.15, 0.2) is 11.6 Å². The second-order valence-corrected chi connectivity index (χ2v) is 11.0. The molecule has 5 aliphatic rings. The van der Waals surface area contributed by atoms with Crippen LogP contribution in [-0.2, 0) is 14.3 Å². The number of hydrogen-bond acceptors (Lipinski definition) is 4. The molecule has 27 heavy (non-hydrogen) atoms. The topological polar surface area (TPSA) is 43.4 Å². The molecule has 0 N–H and O–H groups in total. The summed E-state index contributed by atoms with van der Waals surface area (Å²) in [5, 5.41) is -0.00963. The molecule has 3 unspecified atom stereocenters. The fraction of sp³-hybridized carbons (Fsp3) is 0.826. The van der Waals surface area contributed by atoms with Crippen molar-refractivity contribution in [2.24, 2.45) is 28.6 Å². The van der Waals surface area contributed by atoms with Crippen molar-refractivity contribution in [3.05, 3.63) is 11.6 Å². The Morgan fingerprint density at radius 2 is 1.93 bits per heavy atom. The lowest BCUT2D eigenvalue weighted by molar-refractivity contribution is -0.167. The molecule has 5 rings (SSSR count). The Kier molecular flexibility index (Phi) is 3.29. The van der Waals surface area contributed by atoms with Gasteiger partial charge in [-0.1, -0.05) is 19.4 Å². The second-order valence-electron chi connectivity index (χ2n) is 10.2. The molecule has 4 aliphatic carbocycles. The predicted molar refractivity (Wildman–Crippen MR) is 107 cm³/mol. The van der Waals surface area contributed by atoms with Crippen molar-refractivity contribution in [1.82, 2.24) is 0 Å². The number of rotatable bonds is 1. The van der Waals surface area contributed by atoms with Gasteiger partial charge >= 0.3 is 5.97 Å². The van der Waals surface area contributed by atoms with Gasteiger partial charge in [0.25, 0.3) is 0 Å². The Bertz CT molecular complexity index is 823. The summed E-state index contributed by atoms with van der Waals surface area (Å²) >= 11 is 1.14. The molecule has 0 amide bonds. The predicted octanol–water partition coefficient (Wildman–Crippen LogP) is 4.94. The average molecular weight is 392 g/mol. The number of thioether (sulfide) groups is 1. The molecule has 7 atom stereocenters. The highest BCUT2D eigenvalue weighted by atomic mass is 32.2. The minimum Gasteiger partial charge on any atom is -0.458 e. The van der Waals surface area contributed by atoms with Crippen molar-refractivity contribution in [1.29, 1.82) is 0 Å². The SMILES string of the molecule is [2H]C([2H])([2H])S[C@@H]1CC2=CC(=O)CC[C@]2(C)C2CC[C@@]3(C)C(CC[C@@]34CCC(=O)O4)C21. The van der Waals surface area contributed by atoms with Gasteiger partial charge in [0.2, 0.25) is 0 Å². The van der Waals surface area contributed by atoms with E-state index in [-0.39, 0.29) is 33.4 Å². The van der Waals surface area contributed by atoms with Crippen molar-refractivity contribution in [3.8, 4) is 0 Å². The summed E-state index contributed by atoms with van der Waals surface area (Å²) in [7, 11) is 0. The van der Waals surface area contributed by atoms with Crippen LogP contribution in [0.1, 0.15) is 75.7 Å².